The zero-order valence-corrected chi connectivity index (χ0v) is 23.7. The fourth-order valence-corrected chi connectivity index (χ4v) is 6.29. The third-order valence-electron chi connectivity index (χ3n) is 5.85. The van der Waals surface area contributed by atoms with Crippen molar-refractivity contribution in [2.45, 2.75) is 65.3 Å². The van der Waals surface area contributed by atoms with Crippen molar-refractivity contribution < 1.29 is 23.6 Å². The lowest BCUT2D eigenvalue weighted by Crippen LogP contribution is -2.49. The van der Waals surface area contributed by atoms with Gasteiger partial charge in [-0.25, -0.2) is 25.1 Å². The first-order valence-electron chi connectivity index (χ1n) is 12.5. The van der Waals surface area contributed by atoms with Gasteiger partial charge < -0.3 is 24.5 Å². The van der Waals surface area contributed by atoms with Gasteiger partial charge in [0.05, 0.1) is 32.7 Å². The first-order chi connectivity index (χ1) is 18.0. The molecule has 0 aliphatic rings. The van der Waals surface area contributed by atoms with Crippen LogP contribution in [0.4, 0.5) is 5.82 Å². The Labute approximate surface area is 223 Å². The first kappa shape index (κ1) is 29.5. The van der Waals surface area contributed by atoms with Gasteiger partial charge in [0.1, 0.15) is 29.5 Å². The lowest BCUT2D eigenvalue weighted by molar-refractivity contribution is -0.149. The van der Waals surface area contributed by atoms with Gasteiger partial charge in [-0.3, -0.25) is 9.36 Å². The van der Waals surface area contributed by atoms with Gasteiger partial charge in [0, 0.05) is 6.04 Å². The Morgan fingerprint density at radius 2 is 1.89 bits per heavy atom. The fraction of sp³-hybridized carbons (Fsp3) is 0.520. The number of aromatic nitrogens is 4. The number of nitrogens with one attached hydrogen (secondary N) is 2. The summed E-state index contributed by atoms with van der Waals surface area (Å²) in [7, 11) is -1.89. The topological polar surface area (TPSA) is 156 Å². The molecule has 0 saturated carbocycles. The van der Waals surface area contributed by atoms with Crippen LogP contribution in [0.5, 0.6) is 5.75 Å². The Kier molecular flexibility index (Phi) is 9.83. The molecule has 2 aromatic heterocycles. The van der Waals surface area contributed by atoms with Crippen LogP contribution in [0.3, 0.4) is 0 Å². The number of ether oxygens (including phenoxy) is 3. The molecule has 13 heteroatoms. The van der Waals surface area contributed by atoms with E-state index in [0.717, 1.165) is 11.3 Å². The summed E-state index contributed by atoms with van der Waals surface area (Å²) in [6.45, 7) is 9.62. The Balaban J connectivity index is 1.76. The lowest BCUT2D eigenvalue weighted by atomic mass is 10.1. The van der Waals surface area contributed by atoms with Crippen molar-refractivity contribution >= 4 is 30.4 Å². The summed E-state index contributed by atoms with van der Waals surface area (Å²) in [6.07, 6.45) is 3.13. The molecule has 0 radical (unpaired) electrons. The van der Waals surface area contributed by atoms with Crippen molar-refractivity contribution in [3.05, 3.63) is 42.5 Å². The van der Waals surface area contributed by atoms with Gasteiger partial charge in [-0.2, -0.15) is 0 Å². The summed E-state index contributed by atoms with van der Waals surface area (Å²) >= 11 is 0. The van der Waals surface area contributed by atoms with Gasteiger partial charge in [-0.05, 0) is 51.8 Å². The number of nitrogen functional groups attached to an aromatic ring is 1. The van der Waals surface area contributed by atoms with E-state index in [1.807, 2.05) is 45.0 Å². The SMILES string of the molecule is CCCOC(=O)C(C)(C)NP(=O)(COC(C)Cn1cnc2c(N)ncnc21)NC(C)c1ccc(OC)cc1. The molecule has 3 atom stereocenters. The van der Waals surface area contributed by atoms with Crippen LogP contribution in [0, 0.1) is 0 Å². The summed E-state index contributed by atoms with van der Waals surface area (Å²) in [5, 5.41) is 6.20. The van der Waals surface area contributed by atoms with E-state index < -0.39 is 19.0 Å². The molecule has 1 aromatic carbocycles. The number of anilines is 1. The van der Waals surface area contributed by atoms with Crippen molar-refractivity contribution in [2.24, 2.45) is 0 Å². The van der Waals surface area contributed by atoms with Gasteiger partial charge in [0.25, 0.3) is 0 Å². The van der Waals surface area contributed by atoms with Crippen molar-refractivity contribution in [1.82, 2.24) is 29.7 Å². The zero-order valence-electron chi connectivity index (χ0n) is 22.8. The number of methoxy groups -OCH3 is 1. The molecule has 208 valence electrons. The van der Waals surface area contributed by atoms with Gasteiger partial charge in [0.2, 0.25) is 7.44 Å². The average molecular weight is 548 g/mol. The van der Waals surface area contributed by atoms with Crippen molar-refractivity contribution in [3.8, 4) is 5.75 Å². The fourth-order valence-electron chi connectivity index (χ4n) is 3.85. The number of hydrogen-bond donors (Lipinski definition) is 3. The van der Waals surface area contributed by atoms with E-state index in [0.29, 0.717) is 29.9 Å². The Morgan fingerprint density at radius 1 is 1.18 bits per heavy atom. The monoisotopic (exact) mass is 547 g/mol. The molecule has 2 heterocycles. The molecule has 4 N–H and O–H groups in total. The van der Waals surface area contributed by atoms with Crippen molar-refractivity contribution in [1.29, 1.82) is 0 Å². The number of carbonyl (C=O) groups is 1. The third-order valence-corrected chi connectivity index (χ3v) is 8.09. The Bertz CT molecular complexity index is 1260. The Morgan fingerprint density at radius 3 is 2.55 bits per heavy atom. The van der Waals surface area contributed by atoms with Crippen LogP contribution in [0.25, 0.3) is 11.2 Å². The van der Waals surface area contributed by atoms with Crippen molar-refractivity contribution in [2.75, 3.05) is 25.8 Å². The van der Waals surface area contributed by atoms with Crippen LogP contribution < -0.4 is 20.6 Å². The molecule has 0 fully saturated rings. The quantitative estimate of drug-likeness (QED) is 0.200. The summed E-state index contributed by atoms with van der Waals surface area (Å²) in [6, 6.07) is 7.13. The van der Waals surface area contributed by atoms with E-state index in [4.69, 9.17) is 19.9 Å². The van der Waals surface area contributed by atoms with E-state index in [1.165, 1.54) is 6.33 Å². The molecular formula is C25H38N7O5P. The van der Waals surface area contributed by atoms with E-state index in [1.54, 1.807) is 31.9 Å². The number of hydrogen-bond acceptors (Lipinski definition) is 9. The predicted molar refractivity (Wildman–Crippen MR) is 146 cm³/mol. The molecule has 0 aliphatic carbocycles. The summed E-state index contributed by atoms with van der Waals surface area (Å²) in [5.41, 5.74) is 6.65. The number of imidazole rings is 1. The minimum absolute atomic E-state index is 0.178. The van der Waals surface area contributed by atoms with Gasteiger partial charge >= 0.3 is 5.97 Å². The summed E-state index contributed by atoms with van der Waals surface area (Å²) in [4.78, 5) is 25.2. The average Bonchev–Trinajstić information content (AvgIpc) is 3.29. The predicted octanol–water partition coefficient (Wildman–Crippen LogP) is 3.65. The number of carbonyl (C=O) groups excluding carboxylic acids is 1. The van der Waals surface area contributed by atoms with Crippen LogP contribution in [0.15, 0.2) is 36.9 Å². The van der Waals surface area contributed by atoms with Crippen LogP contribution in [-0.2, 0) is 25.4 Å². The number of esters is 1. The highest BCUT2D eigenvalue weighted by Gasteiger charge is 2.38. The molecule has 0 spiro atoms. The minimum atomic E-state index is -3.49. The van der Waals surface area contributed by atoms with E-state index >= 15 is 0 Å². The number of nitrogens with zero attached hydrogens (tertiary/aromatic N) is 4. The number of nitrogens with two attached hydrogens (primary N) is 1. The second-order valence-corrected chi connectivity index (χ2v) is 11.9. The first-order valence-corrected chi connectivity index (χ1v) is 14.4. The van der Waals surface area contributed by atoms with Gasteiger partial charge in [-0.1, -0.05) is 19.1 Å². The maximum atomic E-state index is 14.2. The third kappa shape index (κ3) is 7.50. The normalized spacial score (nSPS) is 15.1. The van der Waals surface area contributed by atoms with Crippen LogP contribution in [-0.4, -0.2) is 57.2 Å². The number of rotatable bonds is 14. The van der Waals surface area contributed by atoms with E-state index in [-0.39, 0.29) is 25.1 Å². The minimum Gasteiger partial charge on any atom is -0.497 e. The molecule has 0 amide bonds. The molecule has 38 heavy (non-hydrogen) atoms. The van der Waals surface area contributed by atoms with E-state index in [9.17, 15) is 9.36 Å². The standard InChI is InChI=1S/C25H38N7O5P/c1-7-12-36-24(33)25(4,5)31-38(34,30-18(3)19-8-10-20(35-6)11-9-19)16-37-17(2)13-32-15-29-21-22(26)27-14-28-23(21)32/h8-11,14-15,17-18H,7,12-13,16H2,1-6H3,(H2,26,27,28)(H2,30,31,34). The van der Waals surface area contributed by atoms with Gasteiger partial charge in [0.15, 0.2) is 11.5 Å². The highest BCUT2D eigenvalue weighted by molar-refractivity contribution is 7.59. The molecule has 3 unspecified atom stereocenters. The smallest absolute Gasteiger partial charge is 0.326 e. The molecule has 12 nitrogen and oxygen atoms in total. The summed E-state index contributed by atoms with van der Waals surface area (Å²) in [5.74, 6) is 0.525. The van der Waals surface area contributed by atoms with E-state index in [2.05, 4.69) is 25.1 Å². The molecule has 3 rings (SSSR count). The molecule has 0 bridgehead atoms. The maximum Gasteiger partial charge on any atom is 0.326 e. The zero-order chi connectivity index (χ0) is 27.9. The molecule has 3 aromatic rings. The largest absolute Gasteiger partial charge is 0.497 e. The van der Waals surface area contributed by atoms with Crippen LogP contribution in [0.2, 0.25) is 0 Å². The summed E-state index contributed by atoms with van der Waals surface area (Å²) < 4.78 is 32.7. The molecule has 0 saturated heterocycles. The molecular weight excluding hydrogens is 509 g/mol. The highest BCUT2D eigenvalue weighted by atomic mass is 31.2. The second-order valence-electron chi connectivity index (χ2n) is 9.67. The lowest BCUT2D eigenvalue weighted by Gasteiger charge is -2.33. The second kappa shape index (κ2) is 12.7. The highest BCUT2D eigenvalue weighted by Crippen LogP contribution is 2.42. The number of benzene rings is 1. The van der Waals surface area contributed by atoms with Gasteiger partial charge in [-0.15, -0.1) is 0 Å². The maximum absolute atomic E-state index is 14.2. The Hall–Kier alpha value is -3.05. The van der Waals surface area contributed by atoms with Crippen molar-refractivity contribution in [3.63, 3.8) is 0 Å². The molecule has 0 aliphatic heterocycles. The number of fused-ring (bicyclic) bond motifs is 1. The van der Waals surface area contributed by atoms with Crippen LogP contribution >= 0.6 is 7.44 Å². The van der Waals surface area contributed by atoms with Crippen LogP contribution in [0.1, 0.15) is 52.6 Å².